The summed E-state index contributed by atoms with van der Waals surface area (Å²) in [5.41, 5.74) is 8.22. The fourth-order valence-corrected chi connectivity index (χ4v) is 4.42. The van der Waals surface area contributed by atoms with Crippen molar-refractivity contribution in [2.75, 3.05) is 25.9 Å². The van der Waals surface area contributed by atoms with Gasteiger partial charge in [0, 0.05) is 34.4 Å². The van der Waals surface area contributed by atoms with E-state index in [-0.39, 0.29) is 0 Å². The number of ether oxygens (including phenoxy) is 1. The highest BCUT2D eigenvalue weighted by Gasteiger charge is 2.24. The third-order valence-electron chi connectivity index (χ3n) is 4.78. The number of nitrogen functional groups attached to an aromatic ring is 1. The SMILES string of the molecule is COc1ccc2cc(-c3cn(C4CNC4)c4ncnc(N)c34)sc2c1. The molecule has 25 heavy (non-hydrogen) atoms. The number of nitrogens with one attached hydrogen (secondary N) is 1. The number of thiophene rings is 1. The van der Waals surface area contributed by atoms with E-state index in [4.69, 9.17) is 10.5 Å². The number of nitrogens with zero attached hydrogens (tertiary/aromatic N) is 3. The van der Waals surface area contributed by atoms with E-state index in [1.54, 1.807) is 24.8 Å². The number of hydrogen-bond acceptors (Lipinski definition) is 6. The second kappa shape index (κ2) is 5.44. The van der Waals surface area contributed by atoms with Crippen LogP contribution < -0.4 is 15.8 Å². The van der Waals surface area contributed by atoms with Gasteiger partial charge in [-0.15, -0.1) is 11.3 Å². The van der Waals surface area contributed by atoms with Crippen molar-refractivity contribution in [3.05, 3.63) is 36.8 Å². The number of anilines is 1. The lowest BCUT2D eigenvalue weighted by atomic mass is 10.1. The first-order valence-corrected chi connectivity index (χ1v) is 8.96. The number of methoxy groups -OCH3 is 1. The van der Waals surface area contributed by atoms with E-state index in [0.717, 1.165) is 35.4 Å². The summed E-state index contributed by atoms with van der Waals surface area (Å²) in [7, 11) is 1.69. The van der Waals surface area contributed by atoms with E-state index in [1.165, 1.54) is 15.0 Å². The molecule has 4 aromatic rings. The van der Waals surface area contributed by atoms with Gasteiger partial charge in [-0.3, -0.25) is 0 Å². The molecule has 4 heterocycles. The van der Waals surface area contributed by atoms with Gasteiger partial charge in [-0.2, -0.15) is 0 Å². The lowest BCUT2D eigenvalue weighted by Crippen LogP contribution is -2.43. The third kappa shape index (κ3) is 2.20. The molecule has 7 heteroatoms. The molecule has 126 valence electrons. The van der Waals surface area contributed by atoms with E-state index >= 15 is 0 Å². The Morgan fingerprint density at radius 1 is 1.28 bits per heavy atom. The Morgan fingerprint density at radius 2 is 2.16 bits per heavy atom. The summed E-state index contributed by atoms with van der Waals surface area (Å²) < 4.78 is 8.76. The van der Waals surface area contributed by atoms with E-state index < -0.39 is 0 Å². The van der Waals surface area contributed by atoms with Crippen molar-refractivity contribution in [2.45, 2.75) is 6.04 Å². The minimum absolute atomic E-state index is 0.417. The van der Waals surface area contributed by atoms with E-state index in [9.17, 15) is 0 Å². The van der Waals surface area contributed by atoms with Crippen molar-refractivity contribution in [3.63, 3.8) is 0 Å². The Kier molecular flexibility index (Phi) is 3.19. The summed E-state index contributed by atoms with van der Waals surface area (Å²) in [6.07, 6.45) is 3.71. The van der Waals surface area contributed by atoms with Crippen LogP contribution in [0.1, 0.15) is 6.04 Å². The lowest BCUT2D eigenvalue weighted by Gasteiger charge is -2.28. The zero-order valence-electron chi connectivity index (χ0n) is 13.7. The van der Waals surface area contributed by atoms with Crippen molar-refractivity contribution in [3.8, 4) is 16.2 Å². The molecule has 0 spiro atoms. The van der Waals surface area contributed by atoms with E-state index in [2.05, 4.69) is 44.2 Å². The van der Waals surface area contributed by atoms with E-state index in [0.29, 0.717) is 11.9 Å². The van der Waals surface area contributed by atoms with Gasteiger partial charge < -0.3 is 20.4 Å². The molecule has 1 aromatic carbocycles. The summed E-state index contributed by atoms with van der Waals surface area (Å²) in [5.74, 6) is 1.40. The van der Waals surface area contributed by atoms with Crippen LogP contribution in [0.15, 0.2) is 36.8 Å². The molecule has 3 N–H and O–H groups in total. The quantitative estimate of drug-likeness (QED) is 0.593. The van der Waals surface area contributed by atoms with Crippen molar-refractivity contribution in [2.24, 2.45) is 0 Å². The minimum atomic E-state index is 0.417. The molecule has 0 unspecified atom stereocenters. The maximum Gasteiger partial charge on any atom is 0.146 e. The number of fused-ring (bicyclic) bond motifs is 2. The van der Waals surface area contributed by atoms with Gasteiger partial charge in [-0.1, -0.05) is 0 Å². The Balaban J connectivity index is 1.74. The molecule has 1 fully saturated rings. The van der Waals surface area contributed by atoms with Crippen molar-refractivity contribution < 1.29 is 4.74 Å². The molecular weight excluding hydrogens is 334 g/mol. The first kappa shape index (κ1) is 14.7. The normalized spacial score (nSPS) is 14.9. The van der Waals surface area contributed by atoms with Crippen LogP contribution in [0.3, 0.4) is 0 Å². The molecule has 0 bridgehead atoms. The largest absolute Gasteiger partial charge is 0.497 e. The Hall–Kier alpha value is -2.64. The average molecular weight is 351 g/mol. The highest BCUT2D eigenvalue weighted by molar-refractivity contribution is 7.22. The van der Waals surface area contributed by atoms with Crippen LogP contribution in [0.4, 0.5) is 5.82 Å². The zero-order valence-corrected chi connectivity index (χ0v) is 14.5. The maximum atomic E-state index is 6.21. The van der Waals surface area contributed by atoms with Gasteiger partial charge in [0.1, 0.15) is 23.5 Å². The van der Waals surface area contributed by atoms with E-state index in [1.807, 2.05) is 6.07 Å². The number of benzene rings is 1. The van der Waals surface area contributed by atoms with Crippen LogP contribution >= 0.6 is 11.3 Å². The monoisotopic (exact) mass is 351 g/mol. The highest BCUT2D eigenvalue weighted by Crippen LogP contribution is 2.41. The molecule has 5 rings (SSSR count). The van der Waals surface area contributed by atoms with Crippen LogP contribution in [0.2, 0.25) is 0 Å². The molecule has 0 atom stereocenters. The lowest BCUT2D eigenvalue weighted by molar-refractivity contribution is 0.350. The smallest absolute Gasteiger partial charge is 0.146 e. The van der Waals surface area contributed by atoms with Gasteiger partial charge in [0.15, 0.2) is 0 Å². The fraction of sp³-hybridized carbons (Fsp3) is 0.222. The van der Waals surface area contributed by atoms with Crippen LogP contribution in [-0.4, -0.2) is 34.7 Å². The van der Waals surface area contributed by atoms with Gasteiger partial charge >= 0.3 is 0 Å². The first-order chi connectivity index (χ1) is 12.2. The van der Waals surface area contributed by atoms with Gasteiger partial charge in [0.25, 0.3) is 0 Å². The van der Waals surface area contributed by atoms with Crippen LogP contribution in [0.5, 0.6) is 5.75 Å². The van der Waals surface area contributed by atoms with Gasteiger partial charge in [-0.05, 0) is 29.7 Å². The maximum absolute atomic E-state index is 6.21. The summed E-state index contributed by atoms with van der Waals surface area (Å²) in [4.78, 5) is 9.88. The van der Waals surface area contributed by atoms with Crippen molar-refractivity contribution in [1.82, 2.24) is 19.9 Å². The fourth-order valence-electron chi connectivity index (χ4n) is 3.31. The highest BCUT2D eigenvalue weighted by atomic mass is 32.1. The number of aromatic nitrogens is 3. The molecule has 1 aliphatic heterocycles. The van der Waals surface area contributed by atoms with Gasteiger partial charge in [0.05, 0.1) is 18.5 Å². The van der Waals surface area contributed by atoms with Crippen molar-refractivity contribution >= 4 is 38.3 Å². The standard InChI is InChI=1S/C18H17N5OS/c1-24-12-3-2-10-4-15(25-14(10)5-12)13-8-23(11-6-20-7-11)18-16(13)17(19)21-9-22-18/h2-5,8-9,11,20H,6-7H2,1H3,(H2,19,21,22). The summed E-state index contributed by atoms with van der Waals surface area (Å²) in [5, 5.41) is 5.45. The average Bonchev–Trinajstić information content (AvgIpc) is 3.15. The Labute approximate surface area is 148 Å². The predicted molar refractivity (Wildman–Crippen MR) is 101 cm³/mol. The summed E-state index contributed by atoms with van der Waals surface area (Å²) >= 11 is 1.73. The Morgan fingerprint density at radius 3 is 2.92 bits per heavy atom. The number of rotatable bonds is 3. The number of nitrogens with two attached hydrogens (primary N) is 1. The van der Waals surface area contributed by atoms with Gasteiger partial charge in [0.2, 0.25) is 0 Å². The summed E-state index contributed by atoms with van der Waals surface area (Å²) in [6, 6.07) is 8.76. The molecule has 0 aliphatic carbocycles. The molecule has 0 amide bonds. The predicted octanol–water partition coefficient (Wildman–Crippen LogP) is 3.05. The second-order valence-electron chi connectivity index (χ2n) is 6.23. The number of hydrogen-bond donors (Lipinski definition) is 2. The van der Waals surface area contributed by atoms with Crippen molar-refractivity contribution in [1.29, 1.82) is 0 Å². The topological polar surface area (TPSA) is 78.0 Å². The second-order valence-corrected chi connectivity index (χ2v) is 7.32. The molecule has 1 saturated heterocycles. The molecule has 0 saturated carbocycles. The van der Waals surface area contributed by atoms with Crippen LogP contribution in [0.25, 0.3) is 31.6 Å². The minimum Gasteiger partial charge on any atom is -0.497 e. The molecule has 3 aromatic heterocycles. The molecule has 6 nitrogen and oxygen atoms in total. The zero-order chi connectivity index (χ0) is 17.0. The summed E-state index contributed by atoms with van der Waals surface area (Å²) in [6.45, 7) is 1.91. The first-order valence-electron chi connectivity index (χ1n) is 8.14. The molecular formula is C18H17N5OS. The van der Waals surface area contributed by atoms with Crippen LogP contribution in [-0.2, 0) is 0 Å². The third-order valence-corrected chi connectivity index (χ3v) is 5.92. The molecule has 1 aliphatic rings. The van der Waals surface area contributed by atoms with Crippen LogP contribution in [0, 0.1) is 0 Å². The van der Waals surface area contributed by atoms with Gasteiger partial charge in [-0.25, -0.2) is 9.97 Å². The Bertz CT molecular complexity index is 1100. The molecule has 0 radical (unpaired) electrons.